The number of Topliss-reactive ketones (excluding diaryl/α,β-unsaturated/α-hetero) is 1. The van der Waals surface area contributed by atoms with Gasteiger partial charge in [-0.05, 0) is 32.3 Å². The Kier molecular flexibility index (Phi) is 2.40. The van der Waals surface area contributed by atoms with Gasteiger partial charge in [0.25, 0.3) is 0 Å². The molecule has 0 fully saturated rings. The van der Waals surface area contributed by atoms with Crippen molar-refractivity contribution >= 4 is 17.4 Å². The van der Waals surface area contributed by atoms with Crippen molar-refractivity contribution < 1.29 is 4.79 Å². The molecule has 0 radical (unpaired) electrons. The minimum absolute atomic E-state index is 0.243. The van der Waals surface area contributed by atoms with E-state index < -0.39 is 0 Å². The first-order chi connectivity index (χ1) is 6.61. The molecule has 2 rings (SSSR count). The SMILES string of the molecule is CC(C)n1cc2c(c1Cl)CCCC2=O. The van der Waals surface area contributed by atoms with E-state index in [0.29, 0.717) is 12.5 Å². The Morgan fingerprint density at radius 2 is 2.14 bits per heavy atom. The fraction of sp³-hybridized carbons (Fsp3) is 0.545. The Hall–Kier alpha value is -0.760. The van der Waals surface area contributed by atoms with E-state index in [1.165, 1.54) is 0 Å². The third-order valence-electron chi connectivity index (χ3n) is 2.76. The van der Waals surface area contributed by atoms with E-state index >= 15 is 0 Å². The summed E-state index contributed by atoms with van der Waals surface area (Å²) in [5.41, 5.74) is 1.89. The molecule has 1 aliphatic rings. The first-order valence-corrected chi connectivity index (χ1v) is 5.41. The summed E-state index contributed by atoms with van der Waals surface area (Å²) in [6, 6.07) is 0.320. The molecule has 14 heavy (non-hydrogen) atoms. The molecule has 0 aliphatic heterocycles. The molecule has 0 saturated carbocycles. The van der Waals surface area contributed by atoms with Crippen LogP contribution in [0.3, 0.4) is 0 Å². The monoisotopic (exact) mass is 211 g/mol. The van der Waals surface area contributed by atoms with Crippen LogP contribution in [0.5, 0.6) is 0 Å². The van der Waals surface area contributed by atoms with Gasteiger partial charge in [0, 0.05) is 24.2 Å². The van der Waals surface area contributed by atoms with Gasteiger partial charge >= 0.3 is 0 Å². The van der Waals surface area contributed by atoms with Crippen LogP contribution < -0.4 is 0 Å². The zero-order valence-corrected chi connectivity index (χ0v) is 9.27. The van der Waals surface area contributed by atoms with E-state index in [1.807, 2.05) is 10.8 Å². The number of ketones is 1. The van der Waals surface area contributed by atoms with Crippen molar-refractivity contribution in [3.05, 3.63) is 22.5 Å². The molecule has 1 aromatic rings. The highest BCUT2D eigenvalue weighted by molar-refractivity contribution is 6.31. The first kappa shape index (κ1) is 9.78. The van der Waals surface area contributed by atoms with Crippen LogP contribution in [0.4, 0.5) is 0 Å². The number of nitrogens with zero attached hydrogens (tertiary/aromatic N) is 1. The van der Waals surface area contributed by atoms with E-state index in [1.54, 1.807) is 0 Å². The van der Waals surface area contributed by atoms with Gasteiger partial charge in [0.1, 0.15) is 5.15 Å². The van der Waals surface area contributed by atoms with E-state index in [2.05, 4.69) is 13.8 Å². The quantitative estimate of drug-likeness (QED) is 0.699. The molecule has 76 valence electrons. The number of aromatic nitrogens is 1. The normalized spacial score (nSPS) is 16.1. The standard InChI is InChI=1S/C11H14ClNO/c1-7(2)13-6-9-8(11(13)12)4-3-5-10(9)14/h6-7H,3-5H2,1-2H3. The Morgan fingerprint density at radius 1 is 1.43 bits per heavy atom. The van der Waals surface area contributed by atoms with E-state index in [0.717, 1.165) is 29.1 Å². The summed E-state index contributed by atoms with van der Waals surface area (Å²) in [5.74, 6) is 0.243. The van der Waals surface area contributed by atoms with Crippen LogP contribution in [0.2, 0.25) is 5.15 Å². The Bertz CT molecular complexity index is 379. The van der Waals surface area contributed by atoms with Gasteiger partial charge in [0.05, 0.1) is 0 Å². The average Bonchev–Trinajstić information content (AvgIpc) is 2.46. The Labute approximate surface area is 88.9 Å². The van der Waals surface area contributed by atoms with Gasteiger partial charge < -0.3 is 4.57 Å². The van der Waals surface area contributed by atoms with Crippen LogP contribution in [0, 0.1) is 0 Å². The maximum atomic E-state index is 11.6. The molecular weight excluding hydrogens is 198 g/mol. The zero-order valence-electron chi connectivity index (χ0n) is 8.51. The molecule has 1 aromatic heterocycles. The number of halogens is 1. The van der Waals surface area contributed by atoms with Gasteiger partial charge in [0.15, 0.2) is 5.78 Å². The summed E-state index contributed by atoms with van der Waals surface area (Å²) in [7, 11) is 0. The second-order valence-corrected chi connectivity index (χ2v) is 4.45. The number of rotatable bonds is 1. The summed E-state index contributed by atoms with van der Waals surface area (Å²) in [5, 5.41) is 0.753. The van der Waals surface area contributed by atoms with Crippen LogP contribution in [0.25, 0.3) is 0 Å². The predicted octanol–water partition coefficient (Wildman–Crippen LogP) is 3.24. The van der Waals surface area contributed by atoms with Gasteiger partial charge in [-0.15, -0.1) is 0 Å². The third-order valence-corrected chi connectivity index (χ3v) is 3.18. The number of hydrogen-bond acceptors (Lipinski definition) is 1. The summed E-state index contributed by atoms with van der Waals surface area (Å²) in [4.78, 5) is 11.6. The van der Waals surface area contributed by atoms with Crippen LogP contribution in [-0.2, 0) is 6.42 Å². The Morgan fingerprint density at radius 3 is 2.71 bits per heavy atom. The predicted molar refractivity (Wildman–Crippen MR) is 57.1 cm³/mol. The highest BCUT2D eigenvalue weighted by Gasteiger charge is 2.23. The lowest BCUT2D eigenvalue weighted by Crippen LogP contribution is -2.07. The number of carbonyl (C=O) groups excluding carboxylic acids is 1. The second kappa shape index (κ2) is 3.43. The summed E-state index contributed by atoms with van der Waals surface area (Å²) in [6.07, 6.45) is 4.46. The van der Waals surface area contributed by atoms with Crippen LogP contribution >= 0.6 is 11.6 Å². The van der Waals surface area contributed by atoms with E-state index in [-0.39, 0.29) is 5.78 Å². The molecule has 0 bridgehead atoms. The third kappa shape index (κ3) is 1.38. The van der Waals surface area contributed by atoms with Gasteiger partial charge in [-0.1, -0.05) is 11.6 Å². The molecule has 0 atom stereocenters. The summed E-state index contributed by atoms with van der Waals surface area (Å²) >= 11 is 6.21. The largest absolute Gasteiger partial charge is 0.335 e. The highest BCUT2D eigenvalue weighted by Crippen LogP contribution is 2.31. The fourth-order valence-corrected chi connectivity index (χ4v) is 2.40. The number of hydrogen-bond donors (Lipinski definition) is 0. The molecule has 1 heterocycles. The average molecular weight is 212 g/mol. The minimum atomic E-state index is 0.243. The van der Waals surface area contributed by atoms with Gasteiger partial charge in [0.2, 0.25) is 0 Å². The van der Waals surface area contributed by atoms with Crippen molar-refractivity contribution in [2.45, 2.75) is 39.2 Å². The lowest BCUT2D eigenvalue weighted by molar-refractivity contribution is 0.0973. The maximum absolute atomic E-state index is 11.6. The first-order valence-electron chi connectivity index (χ1n) is 5.03. The number of fused-ring (bicyclic) bond motifs is 1. The van der Waals surface area contributed by atoms with E-state index in [9.17, 15) is 4.79 Å². The molecule has 0 spiro atoms. The zero-order chi connectivity index (χ0) is 10.3. The molecule has 0 N–H and O–H groups in total. The van der Waals surface area contributed by atoms with E-state index in [4.69, 9.17) is 11.6 Å². The van der Waals surface area contributed by atoms with Crippen molar-refractivity contribution in [3.8, 4) is 0 Å². The summed E-state index contributed by atoms with van der Waals surface area (Å²) in [6.45, 7) is 4.14. The van der Waals surface area contributed by atoms with Crippen molar-refractivity contribution in [2.75, 3.05) is 0 Å². The van der Waals surface area contributed by atoms with Gasteiger partial charge in [-0.3, -0.25) is 4.79 Å². The van der Waals surface area contributed by atoms with Gasteiger partial charge in [-0.2, -0.15) is 0 Å². The van der Waals surface area contributed by atoms with Crippen molar-refractivity contribution in [1.29, 1.82) is 0 Å². The van der Waals surface area contributed by atoms with Crippen LogP contribution in [0.1, 0.15) is 48.7 Å². The van der Waals surface area contributed by atoms with Crippen molar-refractivity contribution in [3.63, 3.8) is 0 Å². The highest BCUT2D eigenvalue weighted by atomic mass is 35.5. The molecule has 2 nitrogen and oxygen atoms in total. The Balaban J connectivity index is 2.54. The topological polar surface area (TPSA) is 22.0 Å². The molecule has 3 heteroatoms. The van der Waals surface area contributed by atoms with Crippen LogP contribution in [-0.4, -0.2) is 10.4 Å². The molecule has 0 amide bonds. The lowest BCUT2D eigenvalue weighted by Gasteiger charge is -2.10. The smallest absolute Gasteiger partial charge is 0.164 e. The summed E-state index contributed by atoms with van der Waals surface area (Å²) < 4.78 is 1.98. The second-order valence-electron chi connectivity index (χ2n) is 4.09. The molecule has 0 unspecified atom stereocenters. The number of carbonyl (C=O) groups is 1. The minimum Gasteiger partial charge on any atom is -0.335 e. The van der Waals surface area contributed by atoms with Gasteiger partial charge in [-0.25, -0.2) is 0 Å². The maximum Gasteiger partial charge on any atom is 0.164 e. The van der Waals surface area contributed by atoms with Crippen molar-refractivity contribution in [2.24, 2.45) is 0 Å². The van der Waals surface area contributed by atoms with Crippen molar-refractivity contribution in [1.82, 2.24) is 4.57 Å². The van der Waals surface area contributed by atoms with Crippen LogP contribution in [0.15, 0.2) is 6.20 Å². The lowest BCUT2D eigenvalue weighted by atomic mass is 9.95. The molecule has 1 aliphatic carbocycles. The fourth-order valence-electron chi connectivity index (χ4n) is 1.95. The molecular formula is C11H14ClNO. The molecule has 0 saturated heterocycles. The molecule has 0 aromatic carbocycles.